The number of urea groups is 1. The summed E-state index contributed by atoms with van der Waals surface area (Å²) in [5, 5.41) is 10.5. The molecule has 128 valence electrons. The lowest BCUT2D eigenvalue weighted by molar-refractivity contribution is 0.240. The van der Waals surface area contributed by atoms with E-state index in [9.17, 15) is 4.79 Å². The lowest BCUT2D eigenvalue weighted by Gasteiger charge is -2.10. The fourth-order valence-corrected chi connectivity index (χ4v) is 2.53. The number of halogens is 1. The van der Waals surface area contributed by atoms with Gasteiger partial charge in [0.25, 0.3) is 0 Å². The van der Waals surface area contributed by atoms with Crippen LogP contribution in [0, 0.1) is 0 Å². The van der Waals surface area contributed by atoms with Crippen LogP contribution in [0.5, 0.6) is 0 Å². The number of benzene rings is 1. The van der Waals surface area contributed by atoms with E-state index >= 15 is 0 Å². The number of nitrogens with one attached hydrogen (secondary N) is 2. The topological polar surface area (TPSA) is 71.8 Å². The molecule has 0 aliphatic rings. The molecular formula is C18H18ClN5O. The molecule has 0 atom stereocenters. The number of carbonyl (C=O) groups excluding carboxylic acids is 1. The Hall–Kier alpha value is -2.86. The Bertz CT molecular complexity index is 860. The van der Waals surface area contributed by atoms with E-state index in [-0.39, 0.29) is 6.03 Å². The number of pyridine rings is 1. The quantitative estimate of drug-likeness (QED) is 0.738. The molecule has 3 aromatic rings. The largest absolute Gasteiger partial charge is 0.334 e. The van der Waals surface area contributed by atoms with Gasteiger partial charge in [-0.25, -0.2) is 4.79 Å². The summed E-state index contributed by atoms with van der Waals surface area (Å²) in [6, 6.07) is 10.9. The Balaban J connectivity index is 1.58. The highest BCUT2D eigenvalue weighted by Crippen LogP contribution is 2.20. The summed E-state index contributed by atoms with van der Waals surface area (Å²) in [6.07, 6.45) is 5.38. The lowest BCUT2D eigenvalue weighted by atomic mass is 10.1. The van der Waals surface area contributed by atoms with Crippen LogP contribution in [0.1, 0.15) is 11.1 Å². The number of hydrogen-bond donors (Lipinski definition) is 2. The van der Waals surface area contributed by atoms with Gasteiger partial charge < -0.3 is 10.6 Å². The molecule has 0 fully saturated rings. The maximum absolute atomic E-state index is 12.0. The Kier molecular flexibility index (Phi) is 5.30. The normalized spacial score (nSPS) is 10.5. The van der Waals surface area contributed by atoms with E-state index in [0.717, 1.165) is 22.4 Å². The molecule has 0 aliphatic carbocycles. The van der Waals surface area contributed by atoms with Crippen molar-refractivity contribution in [3.8, 4) is 11.3 Å². The molecule has 1 aromatic carbocycles. The number of carbonyl (C=O) groups is 1. The minimum Gasteiger partial charge on any atom is -0.334 e. The van der Waals surface area contributed by atoms with Gasteiger partial charge >= 0.3 is 6.03 Å². The van der Waals surface area contributed by atoms with E-state index in [2.05, 4.69) is 20.7 Å². The Morgan fingerprint density at radius 1 is 1.16 bits per heavy atom. The monoisotopic (exact) mass is 355 g/mol. The Morgan fingerprint density at radius 2 is 1.92 bits per heavy atom. The van der Waals surface area contributed by atoms with Crippen molar-refractivity contribution in [1.82, 2.24) is 25.4 Å². The fourth-order valence-electron chi connectivity index (χ4n) is 2.41. The molecule has 0 saturated heterocycles. The van der Waals surface area contributed by atoms with Crippen molar-refractivity contribution in [1.29, 1.82) is 0 Å². The fraction of sp³-hybridized carbons (Fsp3) is 0.167. The molecule has 0 saturated carbocycles. The summed E-state index contributed by atoms with van der Waals surface area (Å²) in [7, 11) is 1.86. The minimum atomic E-state index is -0.240. The maximum Gasteiger partial charge on any atom is 0.315 e. The zero-order valence-electron chi connectivity index (χ0n) is 13.7. The van der Waals surface area contributed by atoms with Crippen LogP contribution in [-0.2, 0) is 20.1 Å². The Morgan fingerprint density at radius 3 is 2.64 bits per heavy atom. The van der Waals surface area contributed by atoms with E-state index in [0.29, 0.717) is 18.1 Å². The predicted molar refractivity (Wildman–Crippen MR) is 97.0 cm³/mol. The third kappa shape index (κ3) is 4.58. The van der Waals surface area contributed by atoms with Crippen molar-refractivity contribution in [3.63, 3.8) is 0 Å². The zero-order valence-corrected chi connectivity index (χ0v) is 14.5. The number of aromatic nitrogens is 3. The molecule has 3 rings (SSSR count). The van der Waals surface area contributed by atoms with Gasteiger partial charge in [0, 0.05) is 43.1 Å². The molecule has 25 heavy (non-hydrogen) atoms. The predicted octanol–water partition coefficient (Wildman–Crippen LogP) is 3.13. The first-order chi connectivity index (χ1) is 12.1. The molecule has 0 unspecified atom stereocenters. The second kappa shape index (κ2) is 7.81. The van der Waals surface area contributed by atoms with Crippen molar-refractivity contribution < 1.29 is 4.79 Å². The van der Waals surface area contributed by atoms with Crippen LogP contribution in [0.25, 0.3) is 11.3 Å². The third-order valence-corrected chi connectivity index (χ3v) is 3.93. The van der Waals surface area contributed by atoms with Crippen LogP contribution in [0.15, 0.2) is 55.0 Å². The summed E-state index contributed by atoms with van der Waals surface area (Å²) in [6.45, 7) is 0.815. The van der Waals surface area contributed by atoms with Crippen molar-refractivity contribution in [3.05, 3.63) is 71.1 Å². The van der Waals surface area contributed by atoms with Crippen LogP contribution >= 0.6 is 11.6 Å². The molecule has 2 N–H and O–H groups in total. The second-order valence-corrected chi connectivity index (χ2v) is 6.01. The van der Waals surface area contributed by atoms with Crippen LogP contribution in [-0.4, -0.2) is 20.8 Å². The van der Waals surface area contributed by atoms with Crippen molar-refractivity contribution in [2.45, 2.75) is 13.1 Å². The maximum atomic E-state index is 12.0. The van der Waals surface area contributed by atoms with Crippen LogP contribution in [0.4, 0.5) is 4.79 Å². The molecule has 2 amide bonds. The van der Waals surface area contributed by atoms with Crippen molar-refractivity contribution in [2.24, 2.45) is 7.05 Å². The van der Waals surface area contributed by atoms with E-state index in [1.165, 1.54) is 0 Å². The smallest absolute Gasteiger partial charge is 0.315 e. The first-order valence-corrected chi connectivity index (χ1v) is 8.18. The van der Waals surface area contributed by atoms with E-state index in [1.807, 2.05) is 37.5 Å². The summed E-state index contributed by atoms with van der Waals surface area (Å²) in [5.41, 5.74) is 3.64. The number of amides is 2. The molecule has 0 radical (unpaired) electrons. The lowest BCUT2D eigenvalue weighted by Crippen LogP contribution is -2.34. The van der Waals surface area contributed by atoms with Gasteiger partial charge in [0.1, 0.15) is 0 Å². The van der Waals surface area contributed by atoms with Gasteiger partial charge in [0.05, 0.1) is 11.9 Å². The first kappa shape index (κ1) is 17.0. The first-order valence-electron chi connectivity index (χ1n) is 7.81. The molecule has 7 heteroatoms. The van der Waals surface area contributed by atoms with Crippen LogP contribution in [0.3, 0.4) is 0 Å². The van der Waals surface area contributed by atoms with Gasteiger partial charge in [0.15, 0.2) is 0 Å². The Labute approximate surface area is 150 Å². The number of rotatable bonds is 5. The van der Waals surface area contributed by atoms with Gasteiger partial charge in [-0.15, -0.1) is 0 Å². The second-order valence-electron chi connectivity index (χ2n) is 5.58. The van der Waals surface area contributed by atoms with Gasteiger partial charge in [-0.2, -0.15) is 5.10 Å². The van der Waals surface area contributed by atoms with Crippen LogP contribution in [0.2, 0.25) is 5.02 Å². The number of aryl methyl sites for hydroxylation is 1. The molecule has 0 spiro atoms. The van der Waals surface area contributed by atoms with Gasteiger partial charge in [0.2, 0.25) is 0 Å². The molecule has 2 aromatic heterocycles. The van der Waals surface area contributed by atoms with Crippen molar-refractivity contribution >= 4 is 17.6 Å². The van der Waals surface area contributed by atoms with Gasteiger partial charge in [-0.1, -0.05) is 29.8 Å². The molecular weight excluding hydrogens is 338 g/mol. The van der Waals surface area contributed by atoms with Crippen LogP contribution < -0.4 is 10.6 Å². The highest BCUT2D eigenvalue weighted by molar-refractivity contribution is 6.30. The van der Waals surface area contributed by atoms with Gasteiger partial charge in [-0.3, -0.25) is 9.67 Å². The van der Waals surface area contributed by atoms with Crippen molar-refractivity contribution in [2.75, 3.05) is 0 Å². The minimum absolute atomic E-state index is 0.240. The summed E-state index contributed by atoms with van der Waals surface area (Å²) in [5.74, 6) is 0. The SMILES string of the molecule is Cn1cc(-c2ncccc2CNC(=O)NCc2ccc(Cl)cc2)cn1. The number of nitrogens with zero attached hydrogens (tertiary/aromatic N) is 3. The van der Waals surface area contributed by atoms with E-state index < -0.39 is 0 Å². The van der Waals surface area contributed by atoms with E-state index in [1.54, 1.807) is 29.2 Å². The molecule has 0 aliphatic heterocycles. The highest BCUT2D eigenvalue weighted by atomic mass is 35.5. The zero-order chi connectivity index (χ0) is 17.6. The standard InChI is InChI=1S/C18H18ClN5O/c1-24-12-15(11-23-24)17-14(3-2-8-20-17)10-22-18(25)21-9-13-4-6-16(19)7-5-13/h2-8,11-12H,9-10H2,1H3,(H2,21,22,25). The highest BCUT2D eigenvalue weighted by Gasteiger charge is 2.09. The number of hydrogen-bond acceptors (Lipinski definition) is 3. The van der Waals surface area contributed by atoms with Gasteiger partial charge in [-0.05, 0) is 29.3 Å². The molecule has 6 nitrogen and oxygen atoms in total. The third-order valence-electron chi connectivity index (χ3n) is 3.68. The average Bonchev–Trinajstić information content (AvgIpc) is 3.06. The molecule has 0 bridgehead atoms. The summed E-state index contributed by atoms with van der Waals surface area (Å²) in [4.78, 5) is 16.4. The van der Waals surface area contributed by atoms with E-state index in [4.69, 9.17) is 11.6 Å². The summed E-state index contributed by atoms with van der Waals surface area (Å²) < 4.78 is 1.72. The molecule has 2 heterocycles. The summed E-state index contributed by atoms with van der Waals surface area (Å²) >= 11 is 5.85. The average molecular weight is 356 g/mol.